The molecule has 0 aromatic carbocycles. The van der Waals surface area contributed by atoms with E-state index in [2.05, 4.69) is 25.1 Å². The number of carboxylic acids is 2. The molecule has 25 atom stereocenters. The maximum atomic E-state index is 13.2. The summed E-state index contributed by atoms with van der Waals surface area (Å²) in [5.41, 5.74) is 0. The van der Waals surface area contributed by atoms with Crippen LogP contribution in [0.15, 0.2) is 0 Å². The number of aliphatic hydroxyl groups is 6. The van der Waals surface area contributed by atoms with E-state index in [0.29, 0.717) is 0 Å². The number of aliphatic hydroxyl groups excluding tert-OH is 6. The van der Waals surface area contributed by atoms with Crippen LogP contribution in [0.1, 0.15) is 0 Å². The lowest BCUT2D eigenvalue weighted by atomic mass is 9.94. The van der Waals surface area contributed by atoms with Gasteiger partial charge in [0.1, 0.15) is 104 Å². The molecule has 20 N–H and O–H groups in total. The van der Waals surface area contributed by atoms with Gasteiger partial charge in [0.2, 0.25) is 0 Å². The Balaban J connectivity index is 1.66. The van der Waals surface area contributed by atoms with Crippen LogP contribution >= 0.6 is 0 Å². The van der Waals surface area contributed by atoms with Gasteiger partial charge in [-0.05, 0) is 0 Å². The van der Waals surface area contributed by atoms with Crippen LogP contribution in [0.2, 0.25) is 0 Å². The molecule has 1 unspecified atom stereocenters. The number of carboxylic acid groups (broad SMARTS) is 2. The Morgan fingerprint density at radius 1 is 0.319 bits per heavy atom. The number of aliphatic carboxylic acids is 2. The minimum absolute atomic E-state index is 1.01. The van der Waals surface area contributed by atoms with Gasteiger partial charge in [0.05, 0.1) is 19.8 Å². The van der Waals surface area contributed by atoms with Gasteiger partial charge in [0.25, 0.3) is 0 Å². The number of carbonyl (C=O) groups is 2. The predicted octanol–water partition coefficient (Wildman–Crippen LogP) is -14.6. The summed E-state index contributed by atoms with van der Waals surface area (Å²) in [5.74, 6) is -5.17. The minimum atomic E-state index is -6.51. The molecular formula is C30H51N3O52S9. The molecule has 0 aromatic heterocycles. The highest BCUT2D eigenvalue weighted by atomic mass is 32.3. The van der Waals surface area contributed by atoms with Gasteiger partial charge in [-0.25, -0.2) is 34.7 Å². The van der Waals surface area contributed by atoms with Crippen molar-refractivity contribution >= 4 is 105 Å². The summed E-state index contributed by atoms with van der Waals surface area (Å²) in [4.78, 5) is 26.0. The topological polar surface area (TPSA) is 860 Å². The molecule has 5 aliphatic rings. The van der Waals surface area contributed by atoms with Gasteiger partial charge in [-0.2, -0.15) is 89.9 Å². The second-order valence-electron chi connectivity index (χ2n) is 19.0. The van der Waals surface area contributed by atoms with Crippen molar-refractivity contribution in [2.24, 2.45) is 0 Å². The van der Waals surface area contributed by atoms with Crippen molar-refractivity contribution in [3.05, 3.63) is 0 Å². The van der Waals surface area contributed by atoms with Crippen molar-refractivity contribution in [2.45, 2.75) is 153 Å². The SMILES string of the molecule is O=C(O)[C@H]1O[C@@H](O[C@H]2[C@H](OS(=O)(=O)O)[C@@H](NS(=O)(=O)O)[C@@H](OC3[C@H](C(=O)O)O[C@@H](O[C@H]4[C@H](O)[C@@H](NS(=O)(=O)O)[C@@H](O)O[C@@H]4COS(=O)(=O)O)[C@H](OS(=O)(=O)O)[C@H]3OS(=O)(=O)O)O[C@@H]2COS(=O)(=O)O)[C@H](O)[C@@H](O)[C@@H]1O[C@H]1O[C@H](COS(=O)(=O)O)[C@@H](O)[C@H](O)[C@H]1NS(=O)(=O)O. The molecule has 5 rings (SSSR count). The summed E-state index contributed by atoms with van der Waals surface area (Å²) in [6, 6.07) is -8.75. The Labute approximate surface area is 525 Å². The quantitative estimate of drug-likeness (QED) is 0.0287. The monoisotopic (exact) mass is 1570 g/mol. The van der Waals surface area contributed by atoms with Gasteiger partial charge in [0, 0.05) is 0 Å². The van der Waals surface area contributed by atoms with Crippen molar-refractivity contribution in [1.29, 1.82) is 0 Å². The van der Waals surface area contributed by atoms with E-state index < -0.39 is 278 Å². The Kier molecular flexibility index (Phi) is 26.6. The third-order valence-electron chi connectivity index (χ3n) is 12.4. The first-order chi connectivity index (χ1) is 42.3. The summed E-state index contributed by atoms with van der Waals surface area (Å²) < 4.78 is 380. The van der Waals surface area contributed by atoms with Crippen molar-refractivity contribution in [2.75, 3.05) is 19.8 Å². The number of hydrogen-bond acceptors (Lipinski definition) is 41. The van der Waals surface area contributed by atoms with E-state index in [-0.39, 0.29) is 0 Å². The number of hydrogen-bond donors (Lipinski definition) is 20. The second-order valence-corrected chi connectivity index (χ2v) is 29.0. The standard InChI is InChI=1S/C30H51N3O52S9/c34-10-4(1-71-89(53,54)55)75-27(8(11(10)35)32-87(47,48)49)79-18-13(37)14(38)29(81-21(18)24(39)40)78-16-6(3-73-91(59,60)61)76-28(9(33-88(50,51)52)17(16)83-92(62,63)64)80-19-20(84-93(65,66)67)23(85-94(68,69)70)30(82-22(19)25(41)42)77-15-5(2-72-90(56,57)58)74-26(43)7(12(15)36)31-86(44,45)46/h4-23,26-38,43H,1-3H2,(H,39,40)(H,41,42)(H,44,45,46)(H,47,48,49)(H,50,51,52)(H,53,54,55)(H,56,57,58)(H,59,60,61)(H,62,63,64)(H,65,66,67)(H,68,69,70)/t4-,5-,6-,7-,8-,9-,10-,11-,12-,13-,14-,15-,16-,17-,18+,19?,20+,21+,22-,23-,26+,27-,28-,29-,30-/m1/s1. The van der Waals surface area contributed by atoms with Crippen LogP contribution in [0.25, 0.3) is 0 Å². The largest absolute Gasteiger partial charge is 0.479 e. The molecule has 0 aromatic rings. The molecule has 552 valence electrons. The van der Waals surface area contributed by atoms with Crippen molar-refractivity contribution in [3.63, 3.8) is 0 Å². The molecule has 5 saturated heterocycles. The summed E-state index contributed by atoms with van der Waals surface area (Å²) in [7, 11) is -54.1. The van der Waals surface area contributed by atoms with E-state index in [1.165, 1.54) is 4.72 Å². The first-order valence-corrected chi connectivity index (χ1v) is 36.3. The number of nitrogens with one attached hydrogen (secondary N) is 3. The fourth-order valence-corrected chi connectivity index (χ4v) is 13.2. The van der Waals surface area contributed by atoms with E-state index in [0.717, 1.165) is 9.44 Å². The van der Waals surface area contributed by atoms with Crippen LogP contribution in [0.3, 0.4) is 0 Å². The van der Waals surface area contributed by atoms with Crippen LogP contribution in [0, 0.1) is 0 Å². The van der Waals surface area contributed by atoms with Crippen molar-refractivity contribution in [1.82, 2.24) is 14.2 Å². The third-order valence-corrected chi connectivity index (χ3v) is 16.8. The predicted molar refractivity (Wildman–Crippen MR) is 268 cm³/mol. The highest BCUT2D eigenvalue weighted by Gasteiger charge is 2.62. The fraction of sp³-hybridized carbons (Fsp3) is 0.933. The molecule has 94 heavy (non-hydrogen) atoms. The fourth-order valence-electron chi connectivity index (χ4n) is 9.03. The van der Waals surface area contributed by atoms with E-state index in [1.54, 1.807) is 0 Å². The average Bonchev–Trinajstić information content (AvgIpc) is 0.760. The summed E-state index contributed by atoms with van der Waals surface area (Å²) in [5, 5.41) is 86.5. The lowest BCUT2D eigenvalue weighted by molar-refractivity contribution is -0.371. The molecule has 5 heterocycles. The smallest absolute Gasteiger partial charge is 0.397 e. The van der Waals surface area contributed by atoms with Crippen molar-refractivity contribution < 1.29 is 235 Å². The Bertz CT molecular complexity index is 3740. The Hall–Kier alpha value is -2.83. The summed E-state index contributed by atoms with van der Waals surface area (Å²) in [6.07, 6.45) is -67.9. The molecule has 64 heteroatoms. The van der Waals surface area contributed by atoms with Gasteiger partial charge in [-0.15, -0.1) is 0 Å². The third kappa shape index (κ3) is 24.2. The second kappa shape index (κ2) is 30.6. The highest BCUT2D eigenvalue weighted by Crippen LogP contribution is 2.39. The molecule has 5 fully saturated rings. The van der Waals surface area contributed by atoms with Gasteiger partial charge < -0.3 is 83.5 Å². The van der Waals surface area contributed by atoms with Crippen LogP contribution in [0.4, 0.5) is 0 Å². The zero-order chi connectivity index (χ0) is 71.9. The zero-order valence-corrected chi connectivity index (χ0v) is 52.0. The Morgan fingerprint density at radius 2 is 0.681 bits per heavy atom. The minimum Gasteiger partial charge on any atom is -0.479 e. The first kappa shape index (κ1) is 81.8. The van der Waals surface area contributed by atoms with Crippen LogP contribution in [0.5, 0.6) is 0 Å². The van der Waals surface area contributed by atoms with E-state index >= 15 is 0 Å². The van der Waals surface area contributed by atoms with Crippen LogP contribution in [-0.2, 0) is 171 Å². The van der Waals surface area contributed by atoms with Gasteiger partial charge in [-0.3, -0.25) is 41.0 Å². The maximum absolute atomic E-state index is 13.2. The molecule has 0 aliphatic carbocycles. The van der Waals surface area contributed by atoms with Crippen LogP contribution in [-0.4, -0.2) is 343 Å². The average molecular weight is 1570 g/mol. The normalized spacial score (nSPS) is 38.0. The summed E-state index contributed by atoms with van der Waals surface area (Å²) in [6.45, 7) is -5.40. The van der Waals surface area contributed by atoms with Gasteiger partial charge >= 0.3 is 105 Å². The first-order valence-electron chi connectivity index (χ1n) is 23.8. The zero-order valence-electron chi connectivity index (χ0n) is 44.6. The maximum Gasteiger partial charge on any atom is 0.397 e. The van der Waals surface area contributed by atoms with Gasteiger partial charge in [-0.1, -0.05) is 0 Å². The van der Waals surface area contributed by atoms with E-state index in [1.807, 2.05) is 0 Å². The van der Waals surface area contributed by atoms with Gasteiger partial charge in [0.15, 0.2) is 49.8 Å². The lowest BCUT2D eigenvalue weighted by Gasteiger charge is -2.50. The van der Waals surface area contributed by atoms with E-state index in [9.17, 15) is 163 Å². The molecule has 0 amide bonds. The molecule has 0 saturated carbocycles. The molecule has 55 nitrogen and oxygen atoms in total. The molecule has 5 aliphatic heterocycles. The highest BCUT2D eigenvalue weighted by molar-refractivity contribution is 7.84. The number of ether oxygens (including phenoxy) is 9. The lowest BCUT2D eigenvalue weighted by Crippen LogP contribution is -2.71. The molecule has 0 radical (unpaired) electrons. The van der Waals surface area contributed by atoms with E-state index in [4.69, 9.17) is 47.2 Å². The molecular weight excluding hydrogens is 1520 g/mol. The number of rotatable bonds is 31. The molecule has 0 spiro atoms. The molecule has 0 bridgehead atoms. The van der Waals surface area contributed by atoms with Crippen LogP contribution < -0.4 is 14.2 Å². The Morgan fingerprint density at radius 3 is 1.14 bits per heavy atom. The van der Waals surface area contributed by atoms with Crippen molar-refractivity contribution in [3.8, 4) is 0 Å². The summed E-state index contributed by atoms with van der Waals surface area (Å²) >= 11 is 0.